The fourth-order valence-electron chi connectivity index (χ4n) is 5.71. The molecular weight excluding hydrogens is 394 g/mol. The molecule has 2 aliphatic carbocycles. The minimum absolute atomic E-state index is 0.213. The first-order valence-corrected chi connectivity index (χ1v) is 13.2. The molecule has 1 aromatic carbocycles. The highest BCUT2D eigenvalue weighted by Crippen LogP contribution is 2.32. The van der Waals surface area contributed by atoms with Crippen molar-refractivity contribution in [2.24, 2.45) is 4.99 Å². The normalized spacial score (nSPS) is 23.8. The fraction of sp³-hybridized carbons (Fsp3) is 0.643. The molecule has 0 aromatic heterocycles. The number of piperidine rings is 1. The molecule has 1 aliphatic heterocycles. The molecule has 0 atom stereocenters. The van der Waals surface area contributed by atoms with Crippen molar-refractivity contribution in [3.8, 4) is 0 Å². The highest BCUT2D eigenvalue weighted by Gasteiger charge is 2.35. The van der Waals surface area contributed by atoms with Crippen molar-refractivity contribution in [2.45, 2.75) is 103 Å². The molecule has 4 heteroatoms. The molecule has 1 heterocycles. The van der Waals surface area contributed by atoms with Crippen LogP contribution in [-0.2, 0) is 4.79 Å². The standard InChI is InChI=1S/C28H41N3O/c1-3-30(4-2)25-18-15-22(16-19-25)21-23-17-20-27(29-24-11-7-5-8-12-24)31(28(23)32)26-13-9-6-10-14-26/h15-16,18-19,21,24,26H,3-14,17,20H2,1-2H3/b23-21-,29-27?. The number of hydrogen-bond acceptors (Lipinski definition) is 3. The maximum atomic E-state index is 13.7. The molecule has 4 nitrogen and oxygen atoms in total. The van der Waals surface area contributed by atoms with Crippen LogP contribution < -0.4 is 4.90 Å². The largest absolute Gasteiger partial charge is 0.372 e. The van der Waals surface area contributed by atoms with Crippen LogP contribution in [0.3, 0.4) is 0 Å². The highest BCUT2D eigenvalue weighted by molar-refractivity contribution is 6.11. The molecule has 32 heavy (non-hydrogen) atoms. The van der Waals surface area contributed by atoms with Crippen LogP contribution >= 0.6 is 0 Å². The van der Waals surface area contributed by atoms with Gasteiger partial charge in [0.05, 0.1) is 6.04 Å². The Balaban J connectivity index is 1.56. The minimum Gasteiger partial charge on any atom is -0.372 e. The molecule has 0 radical (unpaired) electrons. The lowest BCUT2D eigenvalue weighted by atomic mass is 9.90. The number of carbonyl (C=O) groups is 1. The van der Waals surface area contributed by atoms with Gasteiger partial charge < -0.3 is 4.90 Å². The molecule has 4 rings (SSSR count). The summed E-state index contributed by atoms with van der Waals surface area (Å²) in [4.78, 5) is 23.4. The maximum absolute atomic E-state index is 13.7. The van der Waals surface area contributed by atoms with E-state index in [1.54, 1.807) is 0 Å². The average Bonchev–Trinajstić information content (AvgIpc) is 2.84. The lowest BCUT2D eigenvalue weighted by Crippen LogP contribution is -2.49. The first-order valence-electron chi connectivity index (χ1n) is 13.2. The van der Waals surface area contributed by atoms with Crippen molar-refractivity contribution >= 4 is 23.5 Å². The average molecular weight is 436 g/mol. The summed E-state index contributed by atoms with van der Waals surface area (Å²) in [5.74, 6) is 1.30. The van der Waals surface area contributed by atoms with Gasteiger partial charge in [0.25, 0.3) is 5.91 Å². The minimum atomic E-state index is 0.213. The summed E-state index contributed by atoms with van der Waals surface area (Å²) in [7, 11) is 0. The van der Waals surface area contributed by atoms with Crippen LogP contribution in [0.1, 0.15) is 96.5 Å². The predicted octanol–water partition coefficient (Wildman–Crippen LogP) is 6.60. The van der Waals surface area contributed by atoms with Crippen molar-refractivity contribution in [3.05, 3.63) is 35.4 Å². The van der Waals surface area contributed by atoms with Gasteiger partial charge in [0.15, 0.2) is 0 Å². The van der Waals surface area contributed by atoms with E-state index in [4.69, 9.17) is 4.99 Å². The zero-order chi connectivity index (χ0) is 22.3. The third kappa shape index (κ3) is 5.44. The van der Waals surface area contributed by atoms with E-state index in [1.807, 2.05) is 0 Å². The Hall–Kier alpha value is -2.10. The van der Waals surface area contributed by atoms with Crippen molar-refractivity contribution < 1.29 is 4.79 Å². The smallest absolute Gasteiger partial charge is 0.255 e. The molecule has 2 saturated carbocycles. The van der Waals surface area contributed by atoms with E-state index < -0.39 is 0 Å². The number of aliphatic imine (C=N–C) groups is 1. The van der Waals surface area contributed by atoms with Crippen LogP contribution in [0, 0.1) is 0 Å². The van der Waals surface area contributed by atoms with Crippen LogP contribution in [0.25, 0.3) is 6.08 Å². The Morgan fingerprint density at radius 1 is 0.906 bits per heavy atom. The third-order valence-electron chi connectivity index (χ3n) is 7.60. The molecule has 1 saturated heterocycles. The zero-order valence-electron chi connectivity index (χ0n) is 20.2. The van der Waals surface area contributed by atoms with E-state index in [1.165, 1.54) is 57.1 Å². The quantitative estimate of drug-likeness (QED) is 0.472. The van der Waals surface area contributed by atoms with Crippen molar-refractivity contribution in [2.75, 3.05) is 18.0 Å². The second-order valence-electron chi connectivity index (χ2n) is 9.74. The van der Waals surface area contributed by atoms with Gasteiger partial charge in [-0.15, -0.1) is 0 Å². The molecule has 174 valence electrons. The SMILES string of the molecule is CCN(CC)c1ccc(/C=C2/CCC(=NC3CCCCC3)N(C3CCCCC3)C2=O)cc1. The van der Waals surface area contributed by atoms with E-state index in [9.17, 15) is 4.79 Å². The highest BCUT2D eigenvalue weighted by atomic mass is 16.2. The summed E-state index contributed by atoms with van der Waals surface area (Å²) >= 11 is 0. The number of amidine groups is 1. The second-order valence-corrected chi connectivity index (χ2v) is 9.74. The summed E-state index contributed by atoms with van der Waals surface area (Å²) in [6.07, 6.45) is 16.2. The first kappa shape index (κ1) is 23.1. The van der Waals surface area contributed by atoms with Crippen LogP contribution in [0.15, 0.2) is 34.8 Å². The number of nitrogens with zero attached hydrogens (tertiary/aromatic N) is 3. The molecule has 3 fully saturated rings. The maximum Gasteiger partial charge on any atom is 0.255 e. The van der Waals surface area contributed by atoms with Gasteiger partial charge in [-0.3, -0.25) is 14.7 Å². The zero-order valence-corrected chi connectivity index (χ0v) is 20.2. The topological polar surface area (TPSA) is 35.9 Å². The Kier molecular flexibility index (Phi) is 8.05. The van der Waals surface area contributed by atoms with Crippen LogP contribution in [0.5, 0.6) is 0 Å². The second kappa shape index (κ2) is 11.2. The number of benzene rings is 1. The molecule has 0 bridgehead atoms. The Morgan fingerprint density at radius 2 is 1.53 bits per heavy atom. The number of rotatable bonds is 6. The van der Waals surface area contributed by atoms with E-state index in [-0.39, 0.29) is 5.91 Å². The summed E-state index contributed by atoms with van der Waals surface area (Å²) in [6.45, 7) is 6.39. The first-order chi connectivity index (χ1) is 15.7. The Morgan fingerprint density at radius 3 is 2.16 bits per heavy atom. The van der Waals surface area contributed by atoms with Crippen LogP contribution in [0.4, 0.5) is 5.69 Å². The van der Waals surface area contributed by atoms with Gasteiger partial charge in [0, 0.05) is 36.8 Å². The Bertz CT molecular complexity index is 810. The Labute approximate surface area is 194 Å². The molecule has 1 aromatic rings. The van der Waals surface area contributed by atoms with E-state index in [2.05, 4.69) is 54.0 Å². The van der Waals surface area contributed by atoms with Gasteiger partial charge in [0.2, 0.25) is 0 Å². The molecule has 0 spiro atoms. The van der Waals surface area contributed by atoms with E-state index >= 15 is 0 Å². The van der Waals surface area contributed by atoms with Crippen molar-refractivity contribution in [1.82, 2.24) is 4.90 Å². The molecule has 1 amide bonds. The summed E-state index contributed by atoms with van der Waals surface area (Å²) < 4.78 is 0. The third-order valence-corrected chi connectivity index (χ3v) is 7.60. The van der Waals surface area contributed by atoms with Gasteiger partial charge in [-0.2, -0.15) is 0 Å². The number of carbonyl (C=O) groups excluding carboxylic acids is 1. The number of hydrogen-bond donors (Lipinski definition) is 0. The van der Waals surface area contributed by atoms with Crippen LogP contribution in [0.2, 0.25) is 0 Å². The molecule has 3 aliphatic rings. The molecule has 0 unspecified atom stereocenters. The van der Waals surface area contributed by atoms with Crippen molar-refractivity contribution in [1.29, 1.82) is 0 Å². The van der Waals surface area contributed by atoms with Crippen LogP contribution in [-0.4, -0.2) is 41.8 Å². The van der Waals surface area contributed by atoms with Gasteiger partial charge in [-0.05, 0) is 69.7 Å². The van der Waals surface area contributed by atoms with E-state index in [0.717, 1.165) is 55.7 Å². The molecule has 0 N–H and O–H groups in total. The summed E-state index contributed by atoms with van der Waals surface area (Å²) in [5, 5.41) is 0. The number of amides is 1. The molecular formula is C28H41N3O. The summed E-state index contributed by atoms with van der Waals surface area (Å²) in [5.41, 5.74) is 3.33. The van der Waals surface area contributed by atoms with Gasteiger partial charge in [-0.25, -0.2) is 0 Å². The monoisotopic (exact) mass is 435 g/mol. The lowest BCUT2D eigenvalue weighted by Gasteiger charge is -2.39. The van der Waals surface area contributed by atoms with Gasteiger partial charge in [0.1, 0.15) is 5.84 Å². The number of anilines is 1. The fourth-order valence-corrected chi connectivity index (χ4v) is 5.71. The van der Waals surface area contributed by atoms with Gasteiger partial charge >= 0.3 is 0 Å². The van der Waals surface area contributed by atoms with Gasteiger partial charge in [-0.1, -0.05) is 50.7 Å². The number of likely N-dealkylation sites (tertiary alicyclic amines) is 1. The lowest BCUT2D eigenvalue weighted by molar-refractivity contribution is -0.126. The predicted molar refractivity (Wildman–Crippen MR) is 135 cm³/mol. The van der Waals surface area contributed by atoms with Crippen molar-refractivity contribution in [3.63, 3.8) is 0 Å². The summed E-state index contributed by atoms with van der Waals surface area (Å²) in [6, 6.07) is 9.45. The van der Waals surface area contributed by atoms with E-state index in [0.29, 0.717) is 12.1 Å².